The maximum atomic E-state index is 12.0. The van der Waals surface area contributed by atoms with Gasteiger partial charge in [0.25, 0.3) is 0 Å². The number of benzene rings is 1. The molecule has 1 heterocycles. The van der Waals surface area contributed by atoms with Crippen molar-refractivity contribution in [2.24, 2.45) is 0 Å². The fourth-order valence-electron chi connectivity index (χ4n) is 1.64. The largest absolute Gasteiger partial charge is 0.422 e. The van der Waals surface area contributed by atoms with Crippen molar-refractivity contribution in [2.75, 3.05) is 5.32 Å². The molecule has 0 saturated carbocycles. The van der Waals surface area contributed by atoms with Crippen LogP contribution in [0.3, 0.4) is 0 Å². The van der Waals surface area contributed by atoms with Crippen molar-refractivity contribution < 1.29 is 14.3 Å². The summed E-state index contributed by atoms with van der Waals surface area (Å²) in [6, 6.07) is 8.50. The van der Waals surface area contributed by atoms with Gasteiger partial charge in [-0.15, -0.1) is 11.3 Å². The van der Waals surface area contributed by atoms with E-state index >= 15 is 0 Å². The van der Waals surface area contributed by atoms with Gasteiger partial charge >= 0.3 is 5.97 Å². The summed E-state index contributed by atoms with van der Waals surface area (Å²) in [5.41, 5.74) is 1.75. The molecule has 1 aromatic heterocycles. The van der Waals surface area contributed by atoms with Gasteiger partial charge in [0.2, 0.25) is 5.91 Å². The summed E-state index contributed by atoms with van der Waals surface area (Å²) in [7, 11) is 0. The number of esters is 1. The Balaban J connectivity index is 2.06. The molecule has 0 spiro atoms. The van der Waals surface area contributed by atoms with E-state index in [1.807, 2.05) is 19.9 Å². The van der Waals surface area contributed by atoms with Gasteiger partial charge in [0.05, 0.1) is 0 Å². The standard InChI is InChI=1S/C15H15NO3S/c1-9-8-14(20-10(9)2)15(18)19-13-6-4-12(5-7-13)16-11(3)17/h4-8H,1-3H3,(H,16,17). The SMILES string of the molecule is CC(=O)Nc1ccc(OC(=O)c2cc(C)c(C)s2)cc1. The van der Waals surface area contributed by atoms with Gasteiger partial charge in [0.15, 0.2) is 0 Å². The third kappa shape index (κ3) is 3.45. The number of anilines is 1. The van der Waals surface area contributed by atoms with Crippen LogP contribution in [-0.4, -0.2) is 11.9 Å². The number of thiophene rings is 1. The maximum absolute atomic E-state index is 12.0. The molecule has 20 heavy (non-hydrogen) atoms. The van der Waals surface area contributed by atoms with Crippen molar-refractivity contribution in [1.82, 2.24) is 0 Å². The van der Waals surface area contributed by atoms with E-state index in [0.29, 0.717) is 16.3 Å². The van der Waals surface area contributed by atoms with E-state index in [1.165, 1.54) is 18.3 Å². The van der Waals surface area contributed by atoms with E-state index in [4.69, 9.17) is 4.74 Å². The van der Waals surface area contributed by atoms with Gasteiger partial charge in [0, 0.05) is 17.5 Å². The topological polar surface area (TPSA) is 55.4 Å². The number of aryl methyl sites for hydroxylation is 2. The van der Waals surface area contributed by atoms with Gasteiger partial charge < -0.3 is 10.1 Å². The summed E-state index contributed by atoms with van der Waals surface area (Å²) in [5, 5.41) is 2.65. The monoisotopic (exact) mass is 289 g/mol. The molecule has 2 rings (SSSR count). The van der Waals surface area contributed by atoms with Gasteiger partial charge in [-0.2, -0.15) is 0 Å². The second kappa shape index (κ2) is 5.88. The second-order valence-corrected chi connectivity index (χ2v) is 5.70. The van der Waals surface area contributed by atoms with Gasteiger partial charge in [-0.25, -0.2) is 4.79 Å². The summed E-state index contributed by atoms with van der Waals surface area (Å²) in [5.74, 6) is -0.0504. The van der Waals surface area contributed by atoms with Crippen molar-refractivity contribution in [3.63, 3.8) is 0 Å². The Hall–Kier alpha value is -2.14. The number of amides is 1. The van der Waals surface area contributed by atoms with E-state index in [0.717, 1.165) is 10.4 Å². The number of hydrogen-bond donors (Lipinski definition) is 1. The molecule has 1 aromatic carbocycles. The Morgan fingerprint density at radius 3 is 2.30 bits per heavy atom. The highest BCUT2D eigenvalue weighted by Crippen LogP contribution is 2.23. The van der Waals surface area contributed by atoms with Crippen LogP contribution in [0, 0.1) is 13.8 Å². The van der Waals surface area contributed by atoms with Crippen molar-refractivity contribution >= 4 is 28.9 Å². The second-order valence-electron chi connectivity index (χ2n) is 4.44. The van der Waals surface area contributed by atoms with Crippen molar-refractivity contribution in [3.8, 4) is 5.75 Å². The number of nitrogens with one attached hydrogen (secondary N) is 1. The first-order valence-corrected chi connectivity index (χ1v) is 6.94. The molecule has 1 N–H and O–H groups in total. The van der Waals surface area contributed by atoms with Crippen LogP contribution in [0.15, 0.2) is 30.3 Å². The Morgan fingerprint density at radius 1 is 1.15 bits per heavy atom. The van der Waals surface area contributed by atoms with E-state index in [9.17, 15) is 9.59 Å². The minimum atomic E-state index is -0.363. The Labute approximate surface area is 121 Å². The number of carbonyl (C=O) groups excluding carboxylic acids is 2. The van der Waals surface area contributed by atoms with Gasteiger partial charge in [0.1, 0.15) is 10.6 Å². The molecule has 0 radical (unpaired) electrons. The lowest BCUT2D eigenvalue weighted by atomic mass is 10.3. The quantitative estimate of drug-likeness (QED) is 0.694. The van der Waals surface area contributed by atoms with E-state index < -0.39 is 0 Å². The van der Waals surface area contributed by atoms with Crippen molar-refractivity contribution in [1.29, 1.82) is 0 Å². The summed E-state index contributed by atoms with van der Waals surface area (Å²) in [4.78, 5) is 24.6. The predicted molar refractivity (Wildman–Crippen MR) is 79.5 cm³/mol. The molecular weight excluding hydrogens is 274 g/mol. The molecule has 0 fully saturated rings. The summed E-state index contributed by atoms with van der Waals surface area (Å²) >= 11 is 1.42. The van der Waals surface area contributed by atoms with Crippen LogP contribution >= 0.6 is 11.3 Å². The van der Waals surface area contributed by atoms with Crippen LogP contribution < -0.4 is 10.1 Å². The highest BCUT2D eigenvalue weighted by molar-refractivity contribution is 7.14. The molecule has 0 aliphatic heterocycles. The average molecular weight is 289 g/mol. The van der Waals surface area contributed by atoms with E-state index in [-0.39, 0.29) is 11.9 Å². The number of ether oxygens (including phenoxy) is 1. The van der Waals surface area contributed by atoms with Gasteiger partial charge in [-0.3, -0.25) is 4.79 Å². The van der Waals surface area contributed by atoms with Crippen LogP contribution in [0.25, 0.3) is 0 Å². The first kappa shape index (κ1) is 14.3. The minimum absolute atomic E-state index is 0.140. The molecule has 2 aromatic rings. The molecule has 0 bridgehead atoms. The number of hydrogen-bond acceptors (Lipinski definition) is 4. The zero-order valence-corrected chi connectivity index (χ0v) is 12.3. The Kier molecular flexibility index (Phi) is 4.20. The summed E-state index contributed by atoms with van der Waals surface area (Å²) in [6.07, 6.45) is 0. The average Bonchev–Trinajstić information content (AvgIpc) is 2.71. The van der Waals surface area contributed by atoms with Crippen molar-refractivity contribution in [2.45, 2.75) is 20.8 Å². The van der Waals surface area contributed by atoms with E-state index in [2.05, 4.69) is 5.32 Å². The zero-order chi connectivity index (χ0) is 14.7. The fourth-order valence-corrected chi connectivity index (χ4v) is 2.55. The van der Waals surface area contributed by atoms with Crippen LogP contribution in [0.5, 0.6) is 5.75 Å². The smallest absolute Gasteiger partial charge is 0.353 e. The first-order chi connectivity index (χ1) is 9.45. The molecule has 104 valence electrons. The lowest BCUT2D eigenvalue weighted by Gasteiger charge is -2.05. The molecule has 0 atom stereocenters. The summed E-state index contributed by atoms with van der Waals surface area (Å²) < 4.78 is 5.29. The molecule has 0 aliphatic carbocycles. The van der Waals surface area contributed by atoms with Crippen molar-refractivity contribution in [3.05, 3.63) is 45.6 Å². The third-order valence-electron chi connectivity index (χ3n) is 2.75. The number of rotatable bonds is 3. The molecule has 0 unspecified atom stereocenters. The van der Waals surface area contributed by atoms with Crippen LogP contribution in [0.2, 0.25) is 0 Å². The lowest BCUT2D eigenvalue weighted by Crippen LogP contribution is -2.07. The molecule has 5 heteroatoms. The van der Waals surface area contributed by atoms with Gasteiger partial charge in [-0.1, -0.05) is 0 Å². The van der Waals surface area contributed by atoms with Crippen LogP contribution in [-0.2, 0) is 4.79 Å². The van der Waals surface area contributed by atoms with E-state index in [1.54, 1.807) is 24.3 Å². The van der Waals surface area contributed by atoms with Crippen LogP contribution in [0.4, 0.5) is 5.69 Å². The summed E-state index contributed by atoms with van der Waals surface area (Å²) in [6.45, 7) is 5.37. The Morgan fingerprint density at radius 2 is 1.80 bits per heavy atom. The number of carbonyl (C=O) groups is 2. The zero-order valence-electron chi connectivity index (χ0n) is 11.5. The molecule has 1 amide bonds. The molecule has 4 nitrogen and oxygen atoms in total. The molecule has 0 aliphatic rings. The minimum Gasteiger partial charge on any atom is -0.422 e. The normalized spacial score (nSPS) is 10.2. The fraction of sp³-hybridized carbons (Fsp3) is 0.200. The third-order valence-corrected chi connectivity index (χ3v) is 3.88. The Bertz CT molecular complexity index is 624. The predicted octanol–water partition coefficient (Wildman–Crippen LogP) is 3.54. The highest BCUT2D eigenvalue weighted by atomic mass is 32.1. The maximum Gasteiger partial charge on any atom is 0.353 e. The molecular formula is C15H15NO3S. The molecule has 0 saturated heterocycles. The highest BCUT2D eigenvalue weighted by Gasteiger charge is 2.12. The first-order valence-electron chi connectivity index (χ1n) is 6.12. The lowest BCUT2D eigenvalue weighted by molar-refractivity contribution is -0.114. The van der Waals surface area contributed by atoms with Crippen LogP contribution in [0.1, 0.15) is 27.0 Å². The van der Waals surface area contributed by atoms with Gasteiger partial charge in [-0.05, 0) is 49.7 Å².